The number of esters is 2. The first-order chi connectivity index (χ1) is 16.9. The van der Waals surface area contributed by atoms with Crippen molar-refractivity contribution in [3.05, 3.63) is 81.7 Å². The highest BCUT2D eigenvalue weighted by Crippen LogP contribution is 2.48. The number of carbonyl (C=O) groups excluding carboxylic acids is 3. The minimum Gasteiger partial charge on any atom is -0.497 e. The predicted octanol–water partition coefficient (Wildman–Crippen LogP) is 5.34. The van der Waals surface area contributed by atoms with Crippen molar-refractivity contribution in [2.75, 3.05) is 19.0 Å². The Kier molecular flexibility index (Phi) is 7.51. The summed E-state index contributed by atoms with van der Waals surface area (Å²) in [5.74, 6) is -0.680. The molecule has 1 aliphatic rings. The second-order valence-electron chi connectivity index (χ2n) is 8.25. The number of hydrogen-bond donors (Lipinski definition) is 1. The van der Waals surface area contributed by atoms with Gasteiger partial charge in [0.2, 0.25) is 5.91 Å². The van der Waals surface area contributed by atoms with Crippen LogP contribution in [0.2, 0.25) is 0 Å². The summed E-state index contributed by atoms with van der Waals surface area (Å²) in [5.41, 5.74) is 2.54. The Bertz CT molecular complexity index is 1220. The zero-order chi connectivity index (χ0) is 24.9. The van der Waals surface area contributed by atoms with Gasteiger partial charge in [0, 0.05) is 5.92 Å². The summed E-state index contributed by atoms with van der Waals surface area (Å²) < 4.78 is 15.8. The highest BCUT2D eigenvalue weighted by atomic mass is 32.1. The Morgan fingerprint density at radius 1 is 1.00 bits per heavy atom. The van der Waals surface area contributed by atoms with Crippen LogP contribution in [0.4, 0.5) is 5.00 Å². The molecule has 0 bridgehead atoms. The number of carbonyl (C=O) groups is 3. The van der Waals surface area contributed by atoms with Crippen molar-refractivity contribution in [3.63, 3.8) is 0 Å². The van der Waals surface area contributed by atoms with E-state index in [2.05, 4.69) is 5.32 Å². The van der Waals surface area contributed by atoms with Crippen molar-refractivity contribution < 1.29 is 28.6 Å². The number of ether oxygens (including phenoxy) is 3. The molecule has 1 heterocycles. The van der Waals surface area contributed by atoms with Gasteiger partial charge in [-0.3, -0.25) is 4.79 Å². The average Bonchev–Trinajstić information content (AvgIpc) is 3.61. The first kappa shape index (κ1) is 24.5. The maximum atomic E-state index is 13.0. The third kappa shape index (κ3) is 5.54. The van der Waals surface area contributed by atoms with Crippen LogP contribution in [0.25, 0.3) is 0 Å². The first-order valence-electron chi connectivity index (χ1n) is 11.4. The summed E-state index contributed by atoms with van der Waals surface area (Å²) in [4.78, 5) is 38.8. The van der Waals surface area contributed by atoms with Crippen molar-refractivity contribution in [2.45, 2.75) is 32.8 Å². The van der Waals surface area contributed by atoms with Crippen molar-refractivity contribution in [3.8, 4) is 5.75 Å². The monoisotopic (exact) mass is 493 g/mol. The molecule has 1 amide bonds. The van der Waals surface area contributed by atoms with Gasteiger partial charge in [-0.1, -0.05) is 42.5 Å². The van der Waals surface area contributed by atoms with Gasteiger partial charge in [-0.25, -0.2) is 9.59 Å². The minimum absolute atomic E-state index is 0.100. The molecular formula is C27H27NO6S. The van der Waals surface area contributed by atoms with Gasteiger partial charge in [0.1, 0.15) is 22.2 Å². The number of methoxy groups -OCH3 is 1. The highest BCUT2D eigenvalue weighted by Gasteiger charge is 2.44. The second kappa shape index (κ2) is 10.7. The smallest absolute Gasteiger partial charge is 0.349 e. The van der Waals surface area contributed by atoms with E-state index in [9.17, 15) is 14.4 Å². The van der Waals surface area contributed by atoms with Crippen molar-refractivity contribution in [1.82, 2.24) is 0 Å². The standard InChI is InChI=1S/C27H27NO6S/c1-4-33-26(30)22-16(2)23(27(31)34-15-17-8-6-5-7-9-17)35-25(22)28-24(29)21-14-20(21)18-10-12-19(32-3)13-11-18/h5-13,20-21H,4,14-15H2,1-3H3,(H,28,29). The van der Waals surface area contributed by atoms with Gasteiger partial charge in [0.25, 0.3) is 0 Å². The molecule has 1 aliphatic carbocycles. The van der Waals surface area contributed by atoms with E-state index in [1.54, 1.807) is 21.0 Å². The van der Waals surface area contributed by atoms with Crippen LogP contribution in [0.5, 0.6) is 5.75 Å². The minimum atomic E-state index is -0.582. The number of thiophene rings is 1. The Morgan fingerprint density at radius 2 is 1.71 bits per heavy atom. The van der Waals surface area contributed by atoms with E-state index < -0.39 is 11.9 Å². The van der Waals surface area contributed by atoms with Gasteiger partial charge in [-0.05, 0) is 55.0 Å². The molecule has 0 radical (unpaired) electrons. The topological polar surface area (TPSA) is 90.9 Å². The maximum absolute atomic E-state index is 13.0. The van der Waals surface area contributed by atoms with E-state index in [1.807, 2.05) is 54.6 Å². The number of benzene rings is 2. The average molecular weight is 494 g/mol. The van der Waals surface area contributed by atoms with Crippen molar-refractivity contribution >= 4 is 34.2 Å². The predicted molar refractivity (Wildman–Crippen MR) is 133 cm³/mol. The first-order valence-corrected chi connectivity index (χ1v) is 12.2. The van der Waals surface area contributed by atoms with Gasteiger partial charge < -0.3 is 19.5 Å². The lowest BCUT2D eigenvalue weighted by Crippen LogP contribution is -2.16. The molecule has 1 aromatic heterocycles. The van der Waals surface area contributed by atoms with Crippen LogP contribution < -0.4 is 10.1 Å². The van der Waals surface area contributed by atoms with Gasteiger partial charge in [-0.2, -0.15) is 0 Å². The van der Waals surface area contributed by atoms with Gasteiger partial charge in [-0.15, -0.1) is 11.3 Å². The molecule has 4 rings (SSSR count). The summed E-state index contributed by atoms with van der Waals surface area (Å²) in [7, 11) is 1.61. The van der Waals surface area contributed by atoms with Crippen LogP contribution in [-0.4, -0.2) is 31.6 Å². The lowest BCUT2D eigenvalue weighted by molar-refractivity contribution is -0.117. The lowest BCUT2D eigenvalue weighted by atomic mass is 10.1. The third-order valence-corrected chi connectivity index (χ3v) is 7.12. The molecule has 7 nitrogen and oxygen atoms in total. The molecule has 1 saturated carbocycles. The number of amides is 1. The van der Waals surface area contributed by atoms with E-state index in [1.165, 1.54) is 0 Å². The molecule has 3 aromatic rings. The van der Waals surface area contributed by atoms with E-state index >= 15 is 0 Å². The van der Waals surface area contributed by atoms with Gasteiger partial charge >= 0.3 is 11.9 Å². The molecule has 0 saturated heterocycles. The van der Waals surface area contributed by atoms with Crippen LogP contribution in [-0.2, 0) is 20.9 Å². The number of rotatable bonds is 9. The molecule has 1 N–H and O–H groups in total. The largest absolute Gasteiger partial charge is 0.497 e. The number of hydrogen-bond acceptors (Lipinski definition) is 7. The Labute approximate surface area is 208 Å². The fourth-order valence-corrected chi connectivity index (χ4v) is 5.03. The molecule has 0 aliphatic heterocycles. The summed E-state index contributed by atoms with van der Waals surface area (Å²) >= 11 is 1.04. The molecule has 0 spiro atoms. The lowest BCUT2D eigenvalue weighted by Gasteiger charge is -2.07. The van der Waals surface area contributed by atoms with Gasteiger partial charge in [0.05, 0.1) is 19.3 Å². The quantitative estimate of drug-likeness (QED) is 0.405. The molecular weight excluding hydrogens is 466 g/mol. The van der Waals surface area contributed by atoms with E-state index in [0.717, 1.165) is 28.2 Å². The van der Waals surface area contributed by atoms with Crippen LogP contribution in [0.15, 0.2) is 54.6 Å². The fraction of sp³-hybridized carbons (Fsp3) is 0.296. The van der Waals surface area contributed by atoms with E-state index in [0.29, 0.717) is 17.0 Å². The second-order valence-corrected chi connectivity index (χ2v) is 9.27. The van der Waals surface area contributed by atoms with Crippen LogP contribution in [0.1, 0.15) is 56.0 Å². The third-order valence-electron chi connectivity index (χ3n) is 5.93. The summed E-state index contributed by atoms with van der Waals surface area (Å²) in [6.07, 6.45) is 0.712. The number of nitrogens with one attached hydrogen (secondary N) is 1. The molecule has 35 heavy (non-hydrogen) atoms. The molecule has 2 atom stereocenters. The SMILES string of the molecule is CCOC(=O)c1c(NC(=O)C2CC2c2ccc(OC)cc2)sc(C(=O)OCc2ccccc2)c1C. The van der Waals surface area contributed by atoms with Crippen LogP contribution in [0, 0.1) is 12.8 Å². The number of anilines is 1. The van der Waals surface area contributed by atoms with Crippen LogP contribution in [0.3, 0.4) is 0 Å². The summed E-state index contributed by atoms with van der Waals surface area (Å²) in [6, 6.07) is 17.0. The van der Waals surface area contributed by atoms with E-state index in [-0.39, 0.29) is 41.4 Å². The fourth-order valence-electron chi connectivity index (χ4n) is 3.94. The molecule has 2 unspecified atom stereocenters. The summed E-state index contributed by atoms with van der Waals surface area (Å²) in [6.45, 7) is 3.65. The zero-order valence-corrected chi connectivity index (χ0v) is 20.6. The van der Waals surface area contributed by atoms with Crippen molar-refractivity contribution in [2.24, 2.45) is 5.92 Å². The zero-order valence-electron chi connectivity index (χ0n) is 19.8. The molecule has 8 heteroatoms. The highest BCUT2D eigenvalue weighted by molar-refractivity contribution is 7.18. The summed E-state index contributed by atoms with van der Waals surface area (Å²) in [5, 5.41) is 3.17. The van der Waals surface area contributed by atoms with Gasteiger partial charge in [0.15, 0.2) is 0 Å². The Balaban J connectivity index is 1.50. The maximum Gasteiger partial charge on any atom is 0.349 e. The Morgan fingerprint density at radius 3 is 2.37 bits per heavy atom. The molecule has 1 fully saturated rings. The Hall–Kier alpha value is -3.65. The van der Waals surface area contributed by atoms with E-state index in [4.69, 9.17) is 14.2 Å². The van der Waals surface area contributed by atoms with Crippen molar-refractivity contribution in [1.29, 1.82) is 0 Å². The molecule has 182 valence electrons. The normalized spacial score (nSPS) is 16.3. The molecule has 2 aromatic carbocycles. The van der Waals surface area contributed by atoms with Crippen LogP contribution >= 0.6 is 11.3 Å².